The van der Waals surface area contributed by atoms with Gasteiger partial charge in [-0.3, -0.25) is 9.59 Å². The highest BCUT2D eigenvalue weighted by molar-refractivity contribution is 6.30. The number of likely N-dealkylation sites (tertiary alicyclic amines) is 1. The van der Waals surface area contributed by atoms with E-state index in [1.54, 1.807) is 4.90 Å². The summed E-state index contributed by atoms with van der Waals surface area (Å²) >= 11 is 5.76. The highest BCUT2D eigenvalue weighted by Gasteiger charge is 2.40. The second-order valence-electron chi connectivity index (χ2n) is 6.06. The van der Waals surface area contributed by atoms with Crippen molar-refractivity contribution in [3.63, 3.8) is 0 Å². The molecule has 2 aromatic rings. The number of alkyl halides is 3. The van der Waals surface area contributed by atoms with Crippen LogP contribution >= 0.6 is 11.6 Å². The summed E-state index contributed by atoms with van der Waals surface area (Å²) in [5.41, 5.74) is -1.75. The number of hydrogen-bond acceptors (Lipinski definition) is 3. The van der Waals surface area contributed by atoms with Crippen LogP contribution in [0.5, 0.6) is 0 Å². The van der Waals surface area contributed by atoms with Crippen LogP contribution in [0.3, 0.4) is 0 Å². The molecular formula is C17H16ClF3N4O2. The molecule has 6 nitrogen and oxygen atoms in total. The van der Waals surface area contributed by atoms with Gasteiger partial charge in [0.15, 0.2) is 5.69 Å². The third kappa shape index (κ3) is 4.24. The van der Waals surface area contributed by atoms with Crippen molar-refractivity contribution in [3.8, 4) is 5.69 Å². The van der Waals surface area contributed by atoms with Crippen LogP contribution in [0.15, 0.2) is 30.5 Å². The lowest BCUT2D eigenvalue weighted by Crippen LogP contribution is -2.39. The van der Waals surface area contributed by atoms with Gasteiger partial charge in [-0.2, -0.15) is 18.3 Å². The molecule has 0 saturated carbocycles. The second-order valence-corrected chi connectivity index (χ2v) is 6.50. The zero-order chi connectivity index (χ0) is 19.6. The molecule has 0 aliphatic carbocycles. The van der Waals surface area contributed by atoms with E-state index in [1.165, 1.54) is 24.3 Å². The molecule has 0 radical (unpaired) electrons. The van der Waals surface area contributed by atoms with Crippen LogP contribution in [-0.2, 0) is 11.0 Å². The van der Waals surface area contributed by atoms with Crippen LogP contribution in [-0.4, -0.2) is 46.1 Å². The number of rotatable bonds is 4. The van der Waals surface area contributed by atoms with Crippen molar-refractivity contribution in [1.82, 2.24) is 20.0 Å². The second kappa shape index (κ2) is 7.59. The van der Waals surface area contributed by atoms with Crippen molar-refractivity contribution in [2.75, 3.05) is 19.6 Å². The van der Waals surface area contributed by atoms with Crippen LogP contribution in [0, 0.1) is 0 Å². The average molecular weight is 401 g/mol. The Bertz CT molecular complexity index is 843. The quantitative estimate of drug-likeness (QED) is 0.858. The third-order valence-electron chi connectivity index (χ3n) is 4.21. The van der Waals surface area contributed by atoms with Crippen molar-refractivity contribution in [1.29, 1.82) is 0 Å². The van der Waals surface area contributed by atoms with Gasteiger partial charge in [-0.05, 0) is 37.1 Å². The van der Waals surface area contributed by atoms with Gasteiger partial charge in [0.1, 0.15) is 0 Å². The van der Waals surface area contributed by atoms with Crippen molar-refractivity contribution in [2.24, 2.45) is 0 Å². The first kappa shape index (κ1) is 19.2. The van der Waals surface area contributed by atoms with E-state index in [4.69, 9.17) is 11.6 Å². The first-order valence-electron chi connectivity index (χ1n) is 8.24. The van der Waals surface area contributed by atoms with Gasteiger partial charge in [-0.15, -0.1) is 0 Å². The van der Waals surface area contributed by atoms with Gasteiger partial charge in [-0.1, -0.05) is 11.6 Å². The predicted molar refractivity (Wildman–Crippen MR) is 91.7 cm³/mol. The topological polar surface area (TPSA) is 67.2 Å². The lowest BCUT2D eigenvalue weighted by atomic mass is 10.2. The minimum Gasteiger partial charge on any atom is -0.343 e. The number of benzene rings is 1. The Morgan fingerprint density at radius 3 is 2.37 bits per heavy atom. The largest absolute Gasteiger partial charge is 0.434 e. The molecule has 144 valence electrons. The SMILES string of the molecule is O=C(NCC(=O)N1CCCC1)c1cnn(-c2ccc(Cl)cc2)c1C(F)(F)F. The first-order chi connectivity index (χ1) is 12.8. The van der Waals surface area contributed by atoms with Gasteiger partial charge in [0.2, 0.25) is 5.91 Å². The molecule has 27 heavy (non-hydrogen) atoms. The van der Waals surface area contributed by atoms with Crippen LogP contribution < -0.4 is 5.32 Å². The maximum absolute atomic E-state index is 13.6. The highest BCUT2D eigenvalue weighted by Crippen LogP contribution is 2.33. The molecule has 1 N–H and O–H groups in total. The van der Waals surface area contributed by atoms with E-state index in [0.29, 0.717) is 22.8 Å². The molecule has 1 saturated heterocycles. The lowest BCUT2D eigenvalue weighted by Gasteiger charge is -2.16. The minimum absolute atomic E-state index is 0.110. The fraction of sp³-hybridized carbons (Fsp3) is 0.353. The lowest BCUT2D eigenvalue weighted by molar-refractivity contribution is -0.143. The average Bonchev–Trinajstić information content (AvgIpc) is 3.29. The van der Waals surface area contributed by atoms with E-state index in [9.17, 15) is 22.8 Å². The maximum Gasteiger partial charge on any atom is 0.434 e. The summed E-state index contributed by atoms with van der Waals surface area (Å²) in [6, 6.07) is 5.58. The Labute approximate surface area is 157 Å². The Morgan fingerprint density at radius 2 is 1.78 bits per heavy atom. The molecule has 2 amide bonds. The van der Waals surface area contributed by atoms with E-state index in [2.05, 4.69) is 10.4 Å². The normalized spacial score (nSPS) is 14.4. The molecule has 1 aliphatic heterocycles. The third-order valence-corrected chi connectivity index (χ3v) is 4.46. The van der Waals surface area contributed by atoms with Gasteiger partial charge in [0.25, 0.3) is 5.91 Å². The molecule has 0 atom stereocenters. The molecule has 1 aliphatic rings. The van der Waals surface area contributed by atoms with E-state index in [-0.39, 0.29) is 18.1 Å². The molecule has 3 rings (SSSR count). The molecule has 0 spiro atoms. The van der Waals surface area contributed by atoms with E-state index < -0.39 is 23.3 Å². The molecule has 10 heteroatoms. The fourth-order valence-corrected chi connectivity index (χ4v) is 3.02. The summed E-state index contributed by atoms with van der Waals surface area (Å²) in [4.78, 5) is 25.8. The Hall–Kier alpha value is -2.55. The van der Waals surface area contributed by atoms with Crippen molar-refractivity contribution in [2.45, 2.75) is 19.0 Å². The van der Waals surface area contributed by atoms with Crippen LogP contribution in [0.25, 0.3) is 5.69 Å². The number of nitrogens with zero attached hydrogens (tertiary/aromatic N) is 3. The minimum atomic E-state index is -4.82. The summed E-state index contributed by atoms with van der Waals surface area (Å²) in [7, 11) is 0. The van der Waals surface area contributed by atoms with Gasteiger partial charge in [0, 0.05) is 18.1 Å². The molecule has 1 fully saturated rings. The number of nitrogens with one attached hydrogen (secondary N) is 1. The smallest absolute Gasteiger partial charge is 0.343 e. The zero-order valence-corrected chi connectivity index (χ0v) is 14.8. The molecular weight excluding hydrogens is 385 g/mol. The summed E-state index contributed by atoms with van der Waals surface area (Å²) in [5, 5.41) is 6.32. The van der Waals surface area contributed by atoms with Gasteiger partial charge >= 0.3 is 6.18 Å². The van der Waals surface area contributed by atoms with E-state index in [1.807, 2.05) is 0 Å². The van der Waals surface area contributed by atoms with E-state index >= 15 is 0 Å². The van der Waals surface area contributed by atoms with Crippen molar-refractivity contribution < 1.29 is 22.8 Å². The molecule has 0 bridgehead atoms. The molecule has 1 aromatic heterocycles. The molecule has 2 heterocycles. The standard InChI is InChI=1S/C17H16ClF3N4O2/c18-11-3-5-12(6-4-11)25-15(17(19,20)21)13(9-23-25)16(27)22-10-14(26)24-7-1-2-8-24/h3-6,9H,1-2,7-8,10H2,(H,22,27). The Morgan fingerprint density at radius 1 is 1.15 bits per heavy atom. The Balaban J connectivity index is 1.83. The number of halogens is 4. The number of hydrogen-bond donors (Lipinski definition) is 1. The molecule has 1 aromatic carbocycles. The summed E-state index contributed by atoms with van der Waals surface area (Å²) in [6.45, 7) is 0.830. The summed E-state index contributed by atoms with van der Waals surface area (Å²) in [6.07, 6.45) is -2.22. The number of carbonyl (C=O) groups is 2. The summed E-state index contributed by atoms with van der Waals surface area (Å²) < 4.78 is 41.3. The highest BCUT2D eigenvalue weighted by atomic mass is 35.5. The van der Waals surface area contributed by atoms with Crippen molar-refractivity contribution >= 4 is 23.4 Å². The molecule has 0 unspecified atom stereocenters. The van der Waals surface area contributed by atoms with Crippen LogP contribution in [0.4, 0.5) is 13.2 Å². The fourth-order valence-electron chi connectivity index (χ4n) is 2.89. The number of carbonyl (C=O) groups excluding carboxylic acids is 2. The van der Waals surface area contributed by atoms with E-state index in [0.717, 1.165) is 19.0 Å². The number of aromatic nitrogens is 2. The van der Waals surface area contributed by atoms with Gasteiger partial charge in [-0.25, -0.2) is 4.68 Å². The monoisotopic (exact) mass is 400 g/mol. The van der Waals surface area contributed by atoms with Gasteiger partial charge < -0.3 is 10.2 Å². The number of amides is 2. The predicted octanol–water partition coefficient (Wildman–Crippen LogP) is 2.90. The Kier molecular flexibility index (Phi) is 5.41. The van der Waals surface area contributed by atoms with Crippen LogP contribution in [0.1, 0.15) is 28.9 Å². The van der Waals surface area contributed by atoms with Gasteiger partial charge in [0.05, 0.1) is 24.0 Å². The maximum atomic E-state index is 13.6. The summed E-state index contributed by atoms with van der Waals surface area (Å²) in [5.74, 6) is -1.32. The zero-order valence-electron chi connectivity index (χ0n) is 14.1. The van der Waals surface area contributed by atoms with Crippen molar-refractivity contribution in [3.05, 3.63) is 46.7 Å². The first-order valence-corrected chi connectivity index (χ1v) is 8.62. The van der Waals surface area contributed by atoms with Crippen LogP contribution in [0.2, 0.25) is 5.02 Å².